The second-order valence-electron chi connectivity index (χ2n) is 7.53. The van der Waals surface area contributed by atoms with Crippen LogP contribution in [0, 0.1) is 11.6 Å². The number of hydrogen-bond acceptors (Lipinski definition) is 7. The largest absolute Gasteiger partial charge is 0.512 e. The summed E-state index contributed by atoms with van der Waals surface area (Å²) >= 11 is 0. The summed E-state index contributed by atoms with van der Waals surface area (Å²) in [7, 11) is 0. The molecule has 0 bridgehead atoms. The van der Waals surface area contributed by atoms with Crippen LogP contribution in [0.25, 0.3) is 11.3 Å². The number of rotatable bonds is 5. The van der Waals surface area contributed by atoms with Crippen molar-refractivity contribution >= 4 is 11.5 Å². The lowest BCUT2D eigenvalue weighted by atomic mass is 10.1. The lowest BCUT2D eigenvalue weighted by Gasteiger charge is -2.27. The molecule has 1 saturated heterocycles. The molecule has 0 amide bonds. The Morgan fingerprint density at radius 2 is 2.06 bits per heavy atom. The minimum atomic E-state index is -0.722. The number of nitrogens with one attached hydrogen (secondary N) is 1. The predicted molar refractivity (Wildman–Crippen MR) is 110 cm³/mol. The van der Waals surface area contributed by atoms with Crippen LogP contribution < -0.4 is 11.1 Å². The molecule has 1 fully saturated rings. The van der Waals surface area contributed by atoms with Crippen molar-refractivity contribution in [3.8, 4) is 11.3 Å². The van der Waals surface area contributed by atoms with Crippen LogP contribution in [0.1, 0.15) is 17.3 Å². The number of benzene rings is 1. The van der Waals surface area contributed by atoms with Crippen LogP contribution >= 0.6 is 0 Å². The van der Waals surface area contributed by atoms with Crippen LogP contribution in [-0.2, 0) is 17.8 Å². The molecule has 0 spiro atoms. The molecule has 5 rings (SSSR count). The monoisotopic (exact) mass is 426 g/mol. The number of aliphatic hydroxyl groups excluding tert-OH is 1. The molecule has 0 aliphatic carbocycles. The van der Waals surface area contributed by atoms with Gasteiger partial charge in [-0.1, -0.05) is 0 Å². The lowest BCUT2D eigenvalue weighted by molar-refractivity contribution is -0.0289. The molecule has 2 aromatic heterocycles. The highest BCUT2D eigenvalue weighted by Gasteiger charge is 2.29. The number of aromatic nitrogens is 3. The van der Waals surface area contributed by atoms with Crippen LogP contribution in [0.2, 0.25) is 0 Å². The Labute approximate surface area is 176 Å². The fraction of sp³-hybridized carbons (Fsp3) is 0.238. The topological polar surface area (TPSA) is 101 Å². The lowest BCUT2D eigenvalue weighted by Crippen LogP contribution is -2.31. The molecule has 2 aliphatic rings. The number of nitrogens with two attached hydrogens (primary N) is 1. The maximum absolute atomic E-state index is 14.2. The molecule has 8 nitrogen and oxygen atoms in total. The van der Waals surface area contributed by atoms with Gasteiger partial charge in [-0.25, -0.2) is 13.8 Å². The number of fused-ring (bicyclic) bond motifs is 1. The first kappa shape index (κ1) is 19.3. The minimum absolute atomic E-state index is 0.147. The second-order valence-corrected chi connectivity index (χ2v) is 7.53. The zero-order valence-electron chi connectivity index (χ0n) is 16.4. The van der Waals surface area contributed by atoms with Gasteiger partial charge in [0.2, 0.25) is 0 Å². The fourth-order valence-corrected chi connectivity index (χ4v) is 3.64. The summed E-state index contributed by atoms with van der Waals surface area (Å²) in [5.41, 5.74) is 8.78. The Morgan fingerprint density at radius 3 is 2.74 bits per heavy atom. The molecule has 10 heteroatoms. The zero-order chi connectivity index (χ0) is 21.5. The van der Waals surface area contributed by atoms with Crippen LogP contribution in [0.4, 0.5) is 20.3 Å². The SMILES string of the molecule is Nc1ccc(-c2ccc(F)cc2F)nc1N/C(=C\O)N1Cc2cn(C3COC3)nc2C1. The first-order chi connectivity index (χ1) is 15.0. The first-order valence-electron chi connectivity index (χ1n) is 9.75. The van der Waals surface area contributed by atoms with Crippen molar-refractivity contribution in [2.75, 3.05) is 24.3 Å². The Kier molecular flexibility index (Phi) is 4.70. The number of pyridine rings is 1. The van der Waals surface area contributed by atoms with E-state index in [4.69, 9.17) is 10.5 Å². The molecule has 2 aliphatic heterocycles. The Morgan fingerprint density at radius 1 is 1.23 bits per heavy atom. The second kappa shape index (κ2) is 7.55. The van der Waals surface area contributed by atoms with Gasteiger partial charge in [0.1, 0.15) is 23.7 Å². The molecule has 31 heavy (non-hydrogen) atoms. The quantitative estimate of drug-likeness (QED) is 0.539. The van der Waals surface area contributed by atoms with Gasteiger partial charge in [0, 0.05) is 29.9 Å². The number of halogens is 2. The summed E-state index contributed by atoms with van der Waals surface area (Å²) in [5, 5.41) is 17.5. The van der Waals surface area contributed by atoms with E-state index >= 15 is 0 Å². The van der Waals surface area contributed by atoms with Crippen LogP contribution in [0.5, 0.6) is 0 Å². The van der Waals surface area contributed by atoms with Crippen molar-refractivity contribution in [3.63, 3.8) is 0 Å². The summed E-state index contributed by atoms with van der Waals surface area (Å²) in [6, 6.07) is 6.70. The Balaban J connectivity index is 1.35. The smallest absolute Gasteiger partial charge is 0.155 e. The molecular formula is C21H20F2N6O2. The van der Waals surface area contributed by atoms with Crippen molar-refractivity contribution < 1.29 is 18.6 Å². The molecule has 160 valence electrons. The van der Waals surface area contributed by atoms with E-state index < -0.39 is 11.6 Å². The highest BCUT2D eigenvalue weighted by Crippen LogP contribution is 2.30. The normalized spacial score (nSPS) is 16.3. The minimum Gasteiger partial charge on any atom is -0.512 e. The molecule has 0 atom stereocenters. The van der Waals surface area contributed by atoms with Crippen LogP contribution in [0.15, 0.2) is 48.6 Å². The van der Waals surface area contributed by atoms with E-state index in [0.717, 1.165) is 23.6 Å². The number of aliphatic hydroxyl groups is 1. The summed E-state index contributed by atoms with van der Waals surface area (Å²) in [6.07, 6.45) is 2.94. The van der Waals surface area contributed by atoms with Gasteiger partial charge in [0.05, 0.1) is 42.9 Å². The van der Waals surface area contributed by atoms with Gasteiger partial charge in [0.15, 0.2) is 5.82 Å². The summed E-state index contributed by atoms with van der Waals surface area (Å²) in [5.74, 6) is -0.754. The summed E-state index contributed by atoms with van der Waals surface area (Å²) < 4.78 is 34.5. The van der Waals surface area contributed by atoms with Crippen molar-refractivity contribution in [2.24, 2.45) is 0 Å². The molecule has 1 aromatic carbocycles. The molecule has 0 radical (unpaired) electrons. The number of nitrogen functional groups attached to an aromatic ring is 1. The van der Waals surface area contributed by atoms with Gasteiger partial charge in [-0.15, -0.1) is 0 Å². The molecule has 0 unspecified atom stereocenters. The summed E-state index contributed by atoms with van der Waals surface area (Å²) in [6.45, 7) is 2.39. The molecule has 4 heterocycles. The van der Waals surface area contributed by atoms with E-state index in [2.05, 4.69) is 15.4 Å². The fourth-order valence-electron chi connectivity index (χ4n) is 3.64. The van der Waals surface area contributed by atoms with E-state index in [0.29, 0.717) is 37.8 Å². The van der Waals surface area contributed by atoms with Crippen molar-refractivity contribution in [1.82, 2.24) is 19.7 Å². The average Bonchev–Trinajstić information content (AvgIpc) is 3.25. The van der Waals surface area contributed by atoms with Crippen LogP contribution in [-0.4, -0.2) is 38.0 Å². The zero-order valence-corrected chi connectivity index (χ0v) is 16.4. The Hall–Kier alpha value is -3.66. The van der Waals surface area contributed by atoms with Crippen molar-refractivity contribution in [2.45, 2.75) is 19.1 Å². The highest BCUT2D eigenvalue weighted by atomic mass is 19.1. The van der Waals surface area contributed by atoms with E-state index in [1.54, 1.807) is 12.1 Å². The molecule has 3 aromatic rings. The Bertz CT molecular complexity index is 1150. The predicted octanol–water partition coefficient (Wildman–Crippen LogP) is 3.16. The standard InChI is InChI=1S/C21H20F2N6O2/c22-13-1-2-15(16(23)5-13)18-4-3-17(24)21(25-18)26-20(9-30)28-6-12-7-29(14-10-31-11-14)27-19(12)8-28/h1-5,7,9,14,30H,6,8,10-11,24H2,(H,25,26)/b20-9+. The average molecular weight is 426 g/mol. The van der Waals surface area contributed by atoms with Gasteiger partial charge < -0.3 is 25.8 Å². The van der Waals surface area contributed by atoms with Gasteiger partial charge in [-0.05, 0) is 24.3 Å². The maximum Gasteiger partial charge on any atom is 0.155 e. The third-order valence-electron chi connectivity index (χ3n) is 5.43. The number of anilines is 2. The molecule has 4 N–H and O–H groups in total. The molecular weight excluding hydrogens is 406 g/mol. The number of nitrogens with zero attached hydrogens (tertiary/aromatic N) is 4. The first-order valence-corrected chi connectivity index (χ1v) is 9.75. The van der Waals surface area contributed by atoms with E-state index in [1.807, 2.05) is 15.8 Å². The van der Waals surface area contributed by atoms with Crippen molar-refractivity contribution in [3.05, 3.63) is 71.5 Å². The number of ether oxygens (including phenoxy) is 1. The molecule has 0 saturated carbocycles. The van der Waals surface area contributed by atoms with Gasteiger partial charge in [-0.2, -0.15) is 5.10 Å². The summed E-state index contributed by atoms with van der Waals surface area (Å²) in [4.78, 5) is 6.27. The van der Waals surface area contributed by atoms with Crippen LogP contribution in [0.3, 0.4) is 0 Å². The van der Waals surface area contributed by atoms with Gasteiger partial charge in [-0.3, -0.25) is 4.68 Å². The van der Waals surface area contributed by atoms with Crippen molar-refractivity contribution in [1.29, 1.82) is 0 Å². The van der Waals surface area contributed by atoms with Gasteiger partial charge >= 0.3 is 0 Å². The van der Waals surface area contributed by atoms with Gasteiger partial charge in [0.25, 0.3) is 0 Å². The number of hydrogen-bond donors (Lipinski definition) is 3. The van der Waals surface area contributed by atoms with E-state index in [9.17, 15) is 13.9 Å². The van der Waals surface area contributed by atoms with E-state index in [-0.39, 0.29) is 23.1 Å². The third-order valence-corrected chi connectivity index (χ3v) is 5.43. The van der Waals surface area contributed by atoms with E-state index in [1.165, 1.54) is 12.1 Å². The maximum atomic E-state index is 14.2. The highest BCUT2D eigenvalue weighted by molar-refractivity contribution is 5.70. The third kappa shape index (κ3) is 3.55.